The number of benzene rings is 9. The maximum atomic E-state index is 5.44. The number of hydrogen-bond acceptors (Lipinski definition) is 3. The van der Waals surface area contributed by atoms with E-state index in [0.717, 1.165) is 72.2 Å². The molecular formula is C58H37N3. The Morgan fingerprint density at radius 3 is 1.57 bits per heavy atom. The molecule has 0 bridgehead atoms. The zero-order valence-electron chi connectivity index (χ0n) is 33.2. The van der Waals surface area contributed by atoms with Gasteiger partial charge >= 0.3 is 0 Å². The van der Waals surface area contributed by atoms with E-state index >= 15 is 0 Å². The van der Waals surface area contributed by atoms with Crippen LogP contribution in [0.25, 0.3) is 88.7 Å². The van der Waals surface area contributed by atoms with Crippen molar-refractivity contribution in [2.45, 2.75) is 5.41 Å². The van der Waals surface area contributed by atoms with Crippen molar-refractivity contribution in [3.05, 3.63) is 247 Å². The van der Waals surface area contributed by atoms with E-state index in [0.29, 0.717) is 0 Å². The Bertz CT molecular complexity index is 3410. The molecule has 0 aliphatic heterocycles. The number of aromatic nitrogens is 3. The van der Waals surface area contributed by atoms with Crippen molar-refractivity contribution < 1.29 is 0 Å². The number of para-hydroxylation sites is 2. The number of fused-ring (bicyclic) bond motifs is 7. The van der Waals surface area contributed by atoms with E-state index in [1.807, 2.05) is 24.3 Å². The summed E-state index contributed by atoms with van der Waals surface area (Å²) in [5.74, 6) is 0.723. The van der Waals surface area contributed by atoms with Gasteiger partial charge in [-0.25, -0.2) is 15.0 Å². The summed E-state index contributed by atoms with van der Waals surface area (Å²) in [7, 11) is 0. The van der Waals surface area contributed by atoms with Crippen molar-refractivity contribution in [3.8, 4) is 56.2 Å². The maximum absolute atomic E-state index is 5.44. The third-order valence-corrected chi connectivity index (χ3v) is 12.5. The zero-order chi connectivity index (χ0) is 40.3. The van der Waals surface area contributed by atoms with Gasteiger partial charge in [-0.3, -0.25) is 0 Å². The van der Waals surface area contributed by atoms with Gasteiger partial charge in [0.05, 0.1) is 27.8 Å². The Balaban J connectivity index is 1.02. The Morgan fingerprint density at radius 2 is 0.836 bits per heavy atom. The van der Waals surface area contributed by atoms with Crippen LogP contribution in [0, 0.1) is 0 Å². The lowest BCUT2D eigenvalue weighted by molar-refractivity contribution is 0.769. The molecule has 0 amide bonds. The third kappa shape index (κ3) is 5.55. The van der Waals surface area contributed by atoms with Crippen molar-refractivity contribution in [2.24, 2.45) is 0 Å². The van der Waals surface area contributed by atoms with Gasteiger partial charge in [0.25, 0.3) is 0 Å². The minimum atomic E-state index is -0.486. The monoisotopic (exact) mass is 775 g/mol. The molecule has 0 saturated carbocycles. The Labute approximate surface area is 354 Å². The van der Waals surface area contributed by atoms with Crippen LogP contribution < -0.4 is 0 Å². The molecule has 2 aromatic heterocycles. The summed E-state index contributed by atoms with van der Waals surface area (Å²) >= 11 is 0. The van der Waals surface area contributed by atoms with Crippen molar-refractivity contribution in [3.63, 3.8) is 0 Å². The molecule has 0 radical (unpaired) electrons. The van der Waals surface area contributed by atoms with Crippen LogP contribution in [0.15, 0.2) is 224 Å². The average Bonchev–Trinajstić information content (AvgIpc) is 3.63. The SMILES string of the molecule is c1ccc(-c2nc(-c3ccc(-c4cccc(-c5nc6ccccc6c6cc7c(cc56)-c5ccccc5C7(c5ccccc5)c5ccccc5)c4)cc3)c3ccccc3n2)cc1. The van der Waals surface area contributed by atoms with E-state index in [1.54, 1.807) is 0 Å². The number of nitrogens with zero attached hydrogens (tertiary/aromatic N) is 3. The van der Waals surface area contributed by atoms with Crippen LogP contribution in [0.5, 0.6) is 0 Å². The predicted molar refractivity (Wildman–Crippen MR) is 251 cm³/mol. The van der Waals surface area contributed by atoms with Gasteiger partial charge in [0, 0.05) is 32.8 Å². The van der Waals surface area contributed by atoms with Gasteiger partial charge in [0.1, 0.15) is 0 Å². The summed E-state index contributed by atoms with van der Waals surface area (Å²) in [6.07, 6.45) is 0. The molecule has 2 heterocycles. The maximum Gasteiger partial charge on any atom is 0.160 e. The average molecular weight is 776 g/mol. The summed E-state index contributed by atoms with van der Waals surface area (Å²) < 4.78 is 0. The van der Waals surface area contributed by atoms with Crippen LogP contribution in [0.1, 0.15) is 22.3 Å². The van der Waals surface area contributed by atoms with Crippen LogP contribution >= 0.6 is 0 Å². The highest BCUT2D eigenvalue weighted by atomic mass is 14.9. The Kier molecular flexibility index (Phi) is 8.07. The molecule has 9 aromatic carbocycles. The fraction of sp³-hybridized carbons (Fsp3) is 0.0172. The summed E-state index contributed by atoms with van der Waals surface area (Å²) in [5.41, 5.74) is 16.3. The normalized spacial score (nSPS) is 12.7. The molecule has 11 aromatic rings. The highest BCUT2D eigenvalue weighted by molar-refractivity contribution is 6.13. The lowest BCUT2D eigenvalue weighted by Gasteiger charge is -2.34. The number of pyridine rings is 1. The first-order valence-corrected chi connectivity index (χ1v) is 20.9. The second kappa shape index (κ2) is 14.1. The molecule has 0 saturated heterocycles. The summed E-state index contributed by atoms with van der Waals surface area (Å²) in [5, 5.41) is 4.52. The molecule has 3 heteroatoms. The van der Waals surface area contributed by atoms with E-state index in [9.17, 15) is 0 Å². The zero-order valence-corrected chi connectivity index (χ0v) is 33.2. The topological polar surface area (TPSA) is 38.7 Å². The standard InChI is InChI=1S/C58H37N3/c1-4-17-40(18-5-1)57-60-54-30-15-12-27-47(54)55(61-57)39-33-31-38(32-34-39)41-19-16-20-42(35-41)56-50-36-49-45-25-10-13-28-51(45)58(43-21-6-2-7-22-43,44-23-8-3-9-24-44)52(49)37-48(50)46-26-11-14-29-53(46)59-56/h1-37H. The van der Waals surface area contributed by atoms with Crippen molar-refractivity contribution >= 4 is 32.6 Å². The van der Waals surface area contributed by atoms with Gasteiger partial charge in [0.15, 0.2) is 5.82 Å². The molecule has 0 N–H and O–H groups in total. The first kappa shape index (κ1) is 35.0. The molecule has 284 valence electrons. The smallest absolute Gasteiger partial charge is 0.160 e. The van der Waals surface area contributed by atoms with E-state index < -0.39 is 5.41 Å². The largest absolute Gasteiger partial charge is 0.247 e. The fourth-order valence-electron chi connectivity index (χ4n) is 9.79. The van der Waals surface area contributed by atoms with E-state index in [4.69, 9.17) is 15.0 Å². The van der Waals surface area contributed by atoms with Crippen LogP contribution in [0.3, 0.4) is 0 Å². The molecule has 3 nitrogen and oxygen atoms in total. The minimum Gasteiger partial charge on any atom is -0.247 e. The van der Waals surface area contributed by atoms with E-state index in [-0.39, 0.29) is 0 Å². The minimum absolute atomic E-state index is 0.486. The first-order valence-electron chi connectivity index (χ1n) is 20.9. The molecule has 0 spiro atoms. The highest BCUT2D eigenvalue weighted by Gasteiger charge is 2.46. The number of rotatable bonds is 6. The Morgan fingerprint density at radius 1 is 0.279 bits per heavy atom. The molecule has 0 fully saturated rings. The molecular weight excluding hydrogens is 739 g/mol. The summed E-state index contributed by atoms with van der Waals surface area (Å²) in [6.45, 7) is 0. The molecule has 61 heavy (non-hydrogen) atoms. The van der Waals surface area contributed by atoms with Gasteiger partial charge < -0.3 is 0 Å². The summed E-state index contributed by atoms with van der Waals surface area (Å²) in [4.78, 5) is 15.5. The van der Waals surface area contributed by atoms with Crippen molar-refractivity contribution in [1.82, 2.24) is 15.0 Å². The Hall–Kier alpha value is -8.01. The molecule has 1 aliphatic carbocycles. The van der Waals surface area contributed by atoms with Gasteiger partial charge in [-0.2, -0.15) is 0 Å². The highest BCUT2D eigenvalue weighted by Crippen LogP contribution is 2.57. The fourth-order valence-corrected chi connectivity index (χ4v) is 9.79. The van der Waals surface area contributed by atoms with Crippen LogP contribution in [0.4, 0.5) is 0 Å². The van der Waals surface area contributed by atoms with Gasteiger partial charge in [0.2, 0.25) is 0 Å². The van der Waals surface area contributed by atoms with Crippen molar-refractivity contribution in [2.75, 3.05) is 0 Å². The second-order valence-corrected chi connectivity index (χ2v) is 15.9. The van der Waals surface area contributed by atoms with Gasteiger partial charge in [-0.1, -0.05) is 194 Å². The third-order valence-electron chi connectivity index (χ3n) is 12.5. The van der Waals surface area contributed by atoms with Gasteiger partial charge in [-0.05, 0) is 80.2 Å². The van der Waals surface area contributed by atoms with Gasteiger partial charge in [-0.15, -0.1) is 0 Å². The number of hydrogen-bond donors (Lipinski definition) is 0. The quantitative estimate of drug-likeness (QED) is 0.158. The van der Waals surface area contributed by atoms with Crippen LogP contribution in [-0.2, 0) is 5.41 Å². The molecule has 1 aliphatic rings. The lowest BCUT2D eigenvalue weighted by atomic mass is 9.67. The molecule has 0 atom stereocenters. The molecule has 12 rings (SSSR count). The predicted octanol–water partition coefficient (Wildman–Crippen LogP) is 14.4. The first-order chi connectivity index (χ1) is 30.2. The lowest BCUT2D eigenvalue weighted by Crippen LogP contribution is -2.28. The summed E-state index contributed by atoms with van der Waals surface area (Å²) in [6, 6.07) is 80.5. The van der Waals surface area contributed by atoms with Crippen LogP contribution in [0.2, 0.25) is 0 Å². The van der Waals surface area contributed by atoms with E-state index in [2.05, 4.69) is 200 Å². The van der Waals surface area contributed by atoms with Crippen molar-refractivity contribution in [1.29, 1.82) is 0 Å². The second-order valence-electron chi connectivity index (χ2n) is 15.9. The molecule has 0 unspecified atom stereocenters. The van der Waals surface area contributed by atoms with Crippen LogP contribution in [-0.4, -0.2) is 15.0 Å². The van der Waals surface area contributed by atoms with E-state index in [1.165, 1.54) is 38.8 Å².